The summed E-state index contributed by atoms with van der Waals surface area (Å²) in [4.78, 5) is 82.3. The number of phosphoric acid groups is 1. The zero-order valence-electron chi connectivity index (χ0n) is 49.8. The number of nitrogens with one attached hydrogen (secondary N) is 2. The number of phosphoric ester groups is 1. The van der Waals surface area contributed by atoms with Crippen molar-refractivity contribution in [2.24, 2.45) is 39.9 Å². The minimum atomic E-state index is -4.36. The van der Waals surface area contributed by atoms with Gasteiger partial charge in [0.2, 0.25) is 11.8 Å². The van der Waals surface area contributed by atoms with Crippen LogP contribution >= 0.6 is 32.2 Å². The van der Waals surface area contributed by atoms with Crippen LogP contribution in [0, 0.1) is 29.6 Å². The maximum absolute atomic E-state index is 14.0. The number of nitrogens with two attached hydrogens (primary N) is 2. The van der Waals surface area contributed by atoms with Crippen molar-refractivity contribution in [3.63, 3.8) is 0 Å². The molecule has 89 heavy (non-hydrogen) atoms. The van der Waals surface area contributed by atoms with E-state index in [-0.39, 0.29) is 133 Å². The Balaban J connectivity index is 0.000000225. The second-order valence-corrected chi connectivity index (χ2v) is 27.8. The normalized spacial score (nSPS) is 24.7. The maximum Gasteiger partial charge on any atom is 0.646 e. The molecule has 0 aliphatic carbocycles. The molecular formula is C57H77N8O19PS4. The minimum Gasteiger partial charge on any atom is -0.457 e. The van der Waals surface area contributed by atoms with E-state index in [0.29, 0.717) is 24.3 Å². The Labute approximate surface area is 528 Å². The van der Waals surface area contributed by atoms with Gasteiger partial charge < -0.3 is 52.3 Å². The molecule has 4 saturated heterocycles. The SMILES string of the molecule is C=CCOC(=O)C1=C(OP(=O)(Oc2ccccc2)Oc2ccccc2)[C@H](C)[C@@H]2[C@@H](C(C)C)C(=O)N12.C=CCOC(=O)C1=C(S[C@H]2C[C@@H](CNS(N)(=O)=O)N(C(=O)OCC=C)C2)[C@H](C)[C@@H]2[C@@H]([C@@H](C)O)C(=O)N12.C=CCOC(=O)N1C[C@@H](S)C[C@H]1CNS(N)(=O)=O. The molecule has 6 aliphatic rings. The van der Waals surface area contributed by atoms with Crippen molar-refractivity contribution < 1.29 is 87.8 Å². The average Bonchev–Trinajstić information content (AvgIpc) is 1.58. The molecule has 27 nitrogen and oxygen atoms in total. The van der Waals surface area contributed by atoms with Crippen LogP contribution in [0.2, 0.25) is 0 Å². The first-order chi connectivity index (χ1) is 42.0. The first kappa shape index (κ1) is 71.4. The van der Waals surface area contributed by atoms with Gasteiger partial charge in [0.1, 0.15) is 49.4 Å². The van der Waals surface area contributed by atoms with Crippen LogP contribution in [0.4, 0.5) is 9.59 Å². The summed E-state index contributed by atoms with van der Waals surface area (Å²) in [6.45, 7) is 23.8. The number of esters is 2. The minimum absolute atomic E-state index is 0.00596. The molecule has 6 aliphatic heterocycles. The molecule has 8 rings (SSSR count). The molecule has 11 atom stereocenters. The smallest absolute Gasteiger partial charge is 0.457 e. The second kappa shape index (κ2) is 31.4. The fourth-order valence-corrected chi connectivity index (χ4v) is 15.2. The number of rotatable bonds is 26. The maximum atomic E-state index is 14.0. The number of aliphatic hydroxyl groups is 1. The number of fused-ring (bicyclic) bond motifs is 2. The summed E-state index contributed by atoms with van der Waals surface area (Å²) in [5.41, 5.74) is 0.0490. The van der Waals surface area contributed by atoms with E-state index in [1.54, 1.807) is 67.6 Å². The van der Waals surface area contributed by atoms with Gasteiger partial charge in [0.05, 0.1) is 30.0 Å². The molecule has 4 amide bonds. The Hall–Kier alpha value is -6.67. The van der Waals surface area contributed by atoms with E-state index >= 15 is 0 Å². The average molecular weight is 1340 g/mol. The molecule has 0 unspecified atom stereocenters. The molecule has 6 heterocycles. The number of para-hydroxylation sites is 2. The first-order valence-corrected chi connectivity index (χ1v) is 34.1. The fourth-order valence-electron chi connectivity index (χ4n) is 11.0. The molecule has 2 aromatic rings. The molecule has 7 N–H and O–H groups in total. The molecule has 32 heteroatoms. The van der Waals surface area contributed by atoms with Gasteiger partial charge in [0.25, 0.3) is 20.4 Å². The van der Waals surface area contributed by atoms with Crippen LogP contribution in [0.5, 0.6) is 11.5 Å². The number of carbonyl (C=O) groups excluding carboxylic acids is 6. The third kappa shape index (κ3) is 18.1. The zero-order chi connectivity index (χ0) is 65.7. The van der Waals surface area contributed by atoms with E-state index in [4.69, 9.17) is 42.8 Å². The monoisotopic (exact) mass is 1340 g/mol. The lowest BCUT2D eigenvalue weighted by molar-refractivity contribution is -0.164. The largest absolute Gasteiger partial charge is 0.646 e. The number of benzene rings is 2. The van der Waals surface area contributed by atoms with Gasteiger partial charge >= 0.3 is 31.9 Å². The topological polar surface area (TPSA) is 362 Å². The number of likely N-dealkylation sites (tertiary alicyclic amines) is 2. The van der Waals surface area contributed by atoms with E-state index in [0.717, 1.165) is 0 Å². The van der Waals surface area contributed by atoms with Gasteiger partial charge in [-0.3, -0.25) is 14.5 Å². The quantitative estimate of drug-likeness (QED) is 0.0182. The third-order valence-corrected chi connectivity index (χ3v) is 19.1. The van der Waals surface area contributed by atoms with Crippen LogP contribution in [-0.4, -0.2) is 171 Å². The zero-order valence-corrected chi connectivity index (χ0v) is 54.0. The molecular weight excluding hydrogens is 1260 g/mol. The highest BCUT2D eigenvalue weighted by Crippen LogP contribution is 2.58. The highest BCUT2D eigenvalue weighted by molar-refractivity contribution is 8.03. The van der Waals surface area contributed by atoms with Gasteiger partial charge in [-0.15, -0.1) is 11.8 Å². The number of thiol groups is 1. The highest BCUT2D eigenvalue weighted by Gasteiger charge is 2.63. The van der Waals surface area contributed by atoms with Crippen molar-refractivity contribution in [3.05, 3.63) is 133 Å². The van der Waals surface area contributed by atoms with Gasteiger partial charge in [-0.25, -0.2) is 38.9 Å². The number of hydrogen-bond acceptors (Lipinski definition) is 21. The Morgan fingerprint density at radius 3 is 1.56 bits per heavy atom. The van der Waals surface area contributed by atoms with Crippen molar-refractivity contribution in [1.82, 2.24) is 29.0 Å². The second-order valence-electron chi connectivity index (χ2n) is 21.6. The molecule has 0 saturated carbocycles. The van der Waals surface area contributed by atoms with E-state index in [9.17, 15) is 55.3 Å². The Morgan fingerprint density at radius 2 is 1.10 bits per heavy atom. The number of β-lactam (4-membered cyclic amide) rings is 2. The Morgan fingerprint density at radius 1 is 0.674 bits per heavy atom. The lowest BCUT2D eigenvalue weighted by atomic mass is 9.75. The molecule has 4 fully saturated rings. The van der Waals surface area contributed by atoms with Crippen LogP contribution in [0.1, 0.15) is 47.5 Å². The molecule has 0 spiro atoms. The van der Waals surface area contributed by atoms with E-state index in [2.05, 4.69) is 48.4 Å². The van der Waals surface area contributed by atoms with Gasteiger partial charge in [0, 0.05) is 65.5 Å². The molecule has 488 valence electrons. The summed E-state index contributed by atoms with van der Waals surface area (Å²) >= 11 is 5.62. The van der Waals surface area contributed by atoms with Crippen LogP contribution in [0.15, 0.2) is 133 Å². The summed E-state index contributed by atoms with van der Waals surface area (Å²) in [7, 11) is -12.1. The summed E-state index contributed by atoms with van der Waals surface area (Å²) in [5.74, 6) is -3.05. The number of ether oxygens (including phenoxy) is 4. The fraction of sp³-hybridized carbons (Fsp3) is 0.474. The van der Waals surface area contributed by atoms with Crippen LogP contribution in [-0.2, 0) is 67.6 Å². The highest BCUT2D eigenvalue weighted by atomic mass is 32.2. The number of carbonyl (C=O) groups is 6. The summed E-state index contributed by atoms with van der Waals surface area (Å²) in [6, 6.07) is 15.3. The predicted molar refractivity (Wildman–Crippen MR) is 332 cm³/mol. The molecule has 0 bridgehead atoms. The first-order valence-electron chi connectivity index (χ1n) is 28.1. The van der Waals surface area contributed by atoms with Crippen LogP contribution in [0.25, 0.3) is 0 Å². The molecule has 0 aromatic heterocycles. The van der Waals surface area contributed by atoms with Crippen molar-refractivity contribution in [3.8, 4) is 11.5 Å². The number of thioether (sulfide) groups is 1. The number of nitrogens with zero attached hydrogens (tertiary/aromatic N) is 4. The molecule has 2 aromatic carbocycles. The van der Waals surface area contributed by atoms with Crippen molar-refractivity contribution in [2.75, 3.05) is 52.6 Å². The van der Waals surface area contributed by atoms with Gasteiger partial charge in [-0.2, -0.15) is 34.0 Å². The van der Waals surface area contributed by atoms with Crippen molar-refractivity contribution in [1.29, 1.82) is 0 Å². The Bertz CT molecular complexity index is 3260. The van der Waals surface area contributed by atoms with Crippen molar-refractivity contribution >= 4 is 88.6 Å². The predicted octanol–water partition coefficient (Wildman–Crippen LogP) is 4.89. The lowest BCUT2D eigenvalue weighted by Gasteiger charge is -2.46. The lowest BCUT2D eigenvalue weighted by Crippen LogP contribution is -2.63. The van der Waals surface area contributed by atoms with Gasteiger partial charge in [0.15, 0.2) is 5.70 Å². The third-order valence-electron chi connectivity index (χ3n) is 14.8. The number of hydrogen-bond donors (Lipinski definition) is 6. The Kier molecular flexibility index (Phi) is 25.2. The van der Waals surface area contributed by atoms with Crippen LogP contribution in [0.3, 0.4) is 0 Å². The van der Waals surface area contributed by atoms with E-state index < -0.39 is 76.3 Å². The standard InChI is InChI=1S/C26H28NO7P.C22H32N4O8S2.C9H17N3O4S2/c1-5-16-31-26(29)23-24(18(4)22-21(17(2)3)25(28)27(22)23)34-35(30,32-19-12-8-6-9-13-19)33-20-14-10-7-11-15-20;1-5-7-33-21(29)18-19(12(3)17-16(13(4)27)20(28)26(17)18)35-15-9-14(10-24-36(23,31)32)25(11-15)22(30)34-8-6-2;1-2-3-16-9(13)12-6-8(17)4-7(12)5-11-18(10,14)15/h5-15,17-18,21-22H,1,16H2,2-4H3;5-6,12-17,24,27H,1-2,7-11H2,3-4H3,(H2,23,31,32);2,7-8,11,17H,1,3-6H2,(H2,10,14,15)/t18-,21-,22-;12-,13-,14+,15+,16-,17-;7-,8-/m110/s1. The number of amides is 4. The summed E-state index contributed by atoms with van der Waals surface area (Å²) < 4.78 is 101. The van der Waals surface area contributed by atoms with Crippen molar-refractivity contribution in [2.45, 2.75) is 88.2 Å². The van der Waals surface area contributed by atoms with E-state index in [1.807, 2.05) is 27.7 Å². The summed E-state index contributed by atoms with van der Waals surface area (Å²) in [5, 5.41) is 19.8. The van der Waals surface area contributed by atoms with Crippen LogP contribution < -0.4 is 28.8 Å². The molecule has 0 radical (unpaired) electrons. The van der Waals surface area contributed by atoms with Gasteiger partial charge in [-0.05, 0) is 49.9 Å². The van der Waals surface area contributed by atoms with E-state index in [1.165, 1.54) is 55.7 Å². The van der Waals surface area contributed by atoms with Gasteiger partial charge in [-0.1, -0.05) is 115 Å². The summed E-state index contributed by atoms with van der Waals surface area (Å²) in [6.07, 6.45) is 4.66. The number of aliphatic hydroxyl groups excluding tert-OH is 1.